The number of carbonyl (C=O) groups is 1. The first-order valence-corrected chi connectivity index (χ1v) is 8.06. The quantitative estimate of drug-likeness (QED) is 0.623. The normalized spacial score (nSPS) is 21.6. The van der Waals surface area contributed by atoms with Crippen molar-refractivity contribution in [3.05, 3.63) is 23.8 Å². The van der Waals surface area contributed by atoms with E-state index in [0.29, 0.717) is 11.5 Å². The molecule has 0 radical (unpaired) electrons. The lowest BCUT2D eigenvalue weighted by molar-refractivity contribution is -0.140. The average Bonchev–Trinajstić information content (AvgIpc) is 3.06. The molecule has 0 bridgehead atoms. The van der Waals surface area contributed by atoms with Crippen molar-refractivity contribution in [2.75, 3.05) is 13.9 Å². The summed E-state index contributed by atoms with van der Waals surface area (Å²) in [6.07, 6.45) is 0.132. The van der Waals surface area contributed by atoms with Crippen molar-refractivity contribution in [1.29, 1.82) is 0 Å². The second kappa shape index (κ2) is 5.97. The Kier molecular flexibility index (Phi) is 4.26. The molecule has 1 unspecified atom stereocenters. The van der Waals surface area contributed by atoms with Gasteiger partial charge in [0.1, 0.15) is 0 Å². The van der Waals surface area contributed by atoms with Crippen LogP contribution in [-0.4, -0.2) is 38.2 Å². The summed E-state index contributed by atoms with van der Waals surface area (Å²) >= 11 is 0. The zero-order valence-corrected chi connectivity index (χ0v) is 14.8. The summed E-state index contributed by atoms with van der Waals surface area (Å²) in [6.45, 7) is 8.10. The second-order valence-electron chi connectivity index (χ2n) is 7.09. The maximum absolute atomic E-state index is 12.0. The van der Waals surface area contributed by atoms with Gasteiger partial charge in [-0.05, 0) is 39.3 Å². The Morgan fingerprint density at radius 2 is 1.88 bits per heavy atom. The Labute approximate surface area is 142 Å². The van der Waals surface area contributed by atoms with E-state index < -0.39 is 18.3 Å². The monoisotopic (exact) mass is 334 g/mol. The SMILES string of the molecule is COC(=O)CC(B1OC(C)(C)C(C)(C)O1)c1cccc2c1OCO2. The van der Waals surface area contributed by atoms with Crippen molar-refractivity contribution in [1.82, 2.24) is 0 Å². The van der Waals surface area contributed by atoms with E-state index in [4.69, 9.17) is 23.5 Å². The first kappa shape index (κ1) is 17.1. The lowest BCUT2D eigenvalue weighted by Gasteiger charge is -2.32. The smallest absolute Gasteiger partial charge is 0.466 e. The van der Waals surface area contributed by atoms with Gasteiger partial charge in [0.25, 0.3) is 0 Å². The third-order valence-corrected chi connectivity index (χ3v) is 5.04. The van der Waals surface area contributed by atoms with Crippen LogP contribution in [0.4, 0.5) is 0 Å². The van der Waals surface area contributed by atoms with Gasteiger partial charge in [0.05, 0.1) is 24.7 Å². The fourth-order valence-electron chi connectivity index (χ4n) is 2.91. The van der Waals surface area contributed by atoms with Gasteiger partial charge in [-0.15, -0.1) is 0 Å². The largest absolute Gasteiger partial charge is 0.469 e. The molecule has 1 fully saturated rings. The Bertz CT molecular complexity index is 626. The van der Waals surface area contributed by atoms with Gasteiger partial charge in [-0.1, -0.05) is 12.1 Å². The van der Waals surface area contributed by atoms with Crippen molar-refractivity contribution < 1.29 is 28.3 Å². The lowest BCUT2D eigenvalue weighted by atomic mass is 9.66. The first-order valence-electron chi connectivity index (χ1n) is 8.06. The van der Waals surface area contributed by atoms with Crippen LogP contribution in [0.3, 0.4) is 0 Å². The van der Waals surface area contributed by atoms with E-state index in [0.717, 1.165) is 5.56 Å². The number of hydrogen-bond donors (Lipinski definition) is 0. The molecule has 1 aromatic carbocycles. The van der Waals surface area contributed by atoms with Gasteiger partial charge in [-0.2, -0.15) is 0 Å². The second-order valence-corrected chi connectivity index (χ2v) is 7.09. The molecule has 0 spiro atoms. The van der Waals surface area contributed by atoms with E-state index in [1.165, 1.54) is 7.11 Å². The topological polar surface area (TPSA) is 63.2 Å². The molecule has 7 heteroatoms. The van der Waals surface area contributed by atoms with Crippen LogP contribution in [0.25, 0.3) is 0 Å². The molecule has 6 nitrogen and oxygen atoms in total. The summed E-state index contributed by atoms with van der Waals surface area (Å²) in [6, 6.07) is 5.62. The molecule has 24 heavy (non-hydrogen) atoms. The van der Waals surface area contributed by atoms with Crippen LogP contribution in [-0.2, 0) is 18.8 Å². The van der Waals surface area contributed by atoms with Crippen LogP contribution in [0.1, 0.15) is 45.5 Å². The van der Waals surface area contributed by atoms with Crippen LogP contribution in [0.5, 0.6) is 11.5 Å². The molecule has 0 saturated carbocycles. The minimum atomic E-state index is -0.579. The van der Waals surface area contributed by atoms with E-state index in [-0.39, 0.29) is 25.0 Å². The fourth-order valence-corrected chi connectivity index (χ4v) is 2.91. The maximum atomic E-state index is 12.0. The number of benzene rings is 1. The molecule has 3 rings (SSSR count). The predicted octanol–water partition coefficient (Wildman–Crippen LogP) is 2.69. The predicted molar refractivity (Wildman–Crippen MR) is 88.0 cm³/mol. The number of methoxy groups -OCH3 is 1. The summed E-state index contributed by atoms with van der Waals surface area (Å²) in [4.78, 5) is 12.0. The molecular weight excluding hydrogens is 311 g/mol. The van der Waals surface area contributed by atoms with Gasteiger partial charge in [-0.25, -0.2) is 0 Å². The van der Waals surface area contributed by atoms with E-state index in [2.05, 4.69) is 0 Å². The molecule has 130 valence electrons. The minimum Gasteiger partial charge on any atom is -0.469 e. The molecule has 1 aromatic rings. The average molecular weight is 334 g/mol. The number of para-hydroxylation sites is 1. The molecule has 0 aliphatic carbocycles. The standard InChI is InChI=1S/C17H23BO6/c1-16(2)17(3,4)24-18(23-16)12(9-14(19)20-5)11-7-6-8-13-15(11)22-10-21-13/h6-8,12H,9-10H2,1-5H3. The van der Waals surface area contributed by atoms with Crippen molar-refractivity contribution >= 4 is 13.1 Å². The first-order chi connectivity index (χ1) is 11.2. The van der Waals surface area contributed by atoms with E-state index in [1.54, 1.807) is 0 Å². The molecule has 0 N–H and O–H groups in total. The third kappa shape index (κ3) is 2.87. The highest BCUT2D eigenvalue weighted by atomic mass is 16.7. The number of carbonyl (C=O) groups excluding carboxylic acids is 1. The lowest BCUT2D eigenvalue weighted by Crippen LogP contribution is -2.41. The van der Waals surface area contributed by atoms with Gasteiger partial charge in [0.2, 0.25) is 6.79 Å². The number of esters is 1. The molecule has 2 heterocycles. The van der Waals surface area contributed by atoms with E-state index in [1.807, 2.05) is 45.9 Å². The van der Waals surface area contributed by atoms with Gasteiger partial charge in [-0.3, -0.25) is 4.79 Å². The molecule has 1 atom stereocenters. The Morgan fingerprint density at radius 3 is 2.50 bits per heavy atom. The van der Waals surface area contributed by atoms with Crippen molar-refractivity contribution in [2.24, 2.45) is 0 Å². The highest BCUT2D eigenvalue weighted by Gasteiger charge is 2.55. The Balaban J connectivity index is 1.97. The van der Waals surface area contributed by atoms with Crippen LogP contribution in [0, 0.1) is 0 Å². The minimum absolute atomic E-state index is 0.132. The summed E-state index contributed by atoms with van der Waals surface area (Å²) in [5.41, 5.74) is -0.142. The van der Waals surface area contributed by atoms with Gasteiger partial charge < -0.3 is 23.5 Å². The van der Waals surface area contributed by atoms with Crippen LogP contribution in [0.15, 0.2) is 18.2 Å². The molecule has 0 amide bonds. The summed E-state index contributed by atoms with van der Waals surface area (Å²) in [7, 11) is 0.795. The van der Waals surface area contributed by atoms with Gasteiger partial charge in [0.15, 0.2) is 11.5 Å². The fraction of sp³-hybridized carbons (Fsp3) is 0.588. The highest BCUT2D eigenvalue weighted by Crippen LogP contribution is 2.46. The van der Waals surface area contributed by atoms with Gasteiger partial charge >= 0.3 is 13.1 Å². The molecular formula is C17H23BO6. The Hall–Kier alpha value is -1.73. The Morgan fingerprint density at radius 1 is 1.21 bits per heavy atom. The van der Waals surface area contributed by atoms with Crippen molar-refractivity contribution in [3.63, 3.8) is 0 Å². The zero-order chi connectivity index (χ0) is 17.5. The highest BCUT2D eigenvalue weighted by molar-refractivity contribution is 6.48. The van der Waals surface area contributed by atoms with E-state index in [9.17, 15) is 4.79 Å². The zero-order valence-electron chi connectivity index (χ0n) is 14.8. The number of ether oxygens (including phenoxy) is 3. The van der Waals surface area contributed by atoms with Crippen LogP contribution < -0.4 is 9.47 Å². The molecule has 1 saturated heterocycles. The van der Waals surface area contributed by atoms with Crippen molar-refractivity contribution in [3.8, 4) is 11.5 Å². The van der Waals surface area contributed by atoms with Crippen LogP contribution in [0.2, 0.25) is 0 Å². The maximum Gasteiger partial charge on any atom is 0.466 e. The third-order valence-electron chi connectivity index (χ3n) is 5.04. The summed E-state index contributed by atoms with van der Waals surface area (Å²) in [5, 5.41) is 0. The summed E-state index contributed by atoms with van der Waals surface area (Å²) < 4.78 is 28.2. The van der Waals surface area contributed by atoms with Gasteiger partial charge in [0, 0.05) is 5.82 Å². The van der Waals surface area contributed by atoms with Crippen molar-refractivity contribution in [2.45, 2.75) is 51.1 Å². The number of fused-ring (bicyclic) bond motifs is 1. The molecule has 2 aliphatic rings. The molecule has 2 aliphatic heterocycles. The number of hydrogen-bond acceptors (Lipinski definition) is 6. The van der Waals surface area contributed by atoms with Crippen LogP contribution >= 0.6 is 0 Å². The number of rotatable bonds is 4. The summed E-state index contributed by atoms with van der Waals surface area (Å²) in [5.74, 6) is 0.626. The van der Waals surface area contributed by atoms with E-state index >= 15 is 0 Å². The molecule has 0 aromatic heterocycles.